The topological polar surface area (TPSA) is 111 Å². The highest BCUT2D eigenvalue weighted by molar-refractivity contribution is 7.12. The summed E-state index contributed by atoms with van der Waals surface area (Å²) in [5.74, 6) is -0.107. The van der Waals surface area contributed by atoms with Crippen molar-refractivity contribution in [2.24, 2.45) is 0 Å². The fraction of sp³-hybridized carbons (Fsp3) is 0.0400. The molecular weight excluding hydrogens is 454 g/mol. The predicted octanol–water partition coefficient (Wildman–Crippen LogP) is 4.89. The van der Waals surface area contributed by atoms with Gasteiger partial charge in [0, 0.05) is 16.2 Å². The third-order valence-electron chi connectivity index (χ3n) is 5.44. The number of thiazole rings is 1. The number of aromatic nitrogens is 3. The largest absolute Gasteiger partial charge is 0.504 e. The zero-order valence-electron chi connectivity index (χ0n) is 17.7. The summed E-state index contributed by atoms with van der Waals surface area (Å²) in [4.78, 5) is 30.0. The zero-order valence-corrected chi connectivity index (χ0v) is 18.5. The molecule has 0 aliphatic carbocycles. The van der Waals surface area contributed by atoms with Crippen LogP contribution in [0, 0.1) is 6.92 Å². The van der Waals surface area contributed by atoms with E-state index < -0.39 is 11.3 Å². The highest BCUT2D eigenvalue weighted by Crippen LogP contribution is 2.30. The number of hydrogen-bond donors (Lipinski definition) is 1. The molecule has 34 heavy (non-hydrogen) atoms. The second-order valence-corrected chi connectivity index (χ2v) is 8.56. The zero-order chi connectivity index (χ0) is 23.4. The first kappa shape index (κ1) is 20.1. The van der Waals surface area contributed by atoms with Crippen molar-refractivity contribution in [2.75, 3.05) is 0 Å². The second-order valence-electron chi connectivity index (χ2n) is 7.73. The van der Waals surface area contributed by atoms with E-state index in [1.165, 1.54) is 17.4 Å². The molecule has 0 amide bonds. The first-order chi connectivity index (χ1) is 16.5. The maximum absolute atomic E-state index is 12.8. The quantitative estimate of drug-likeness (QED) is 0.367. The maximum atomic E-state index is 12.8. The van der Waals surface area contributed by atoms with Crippen LogP contribution in [-0.4, -0.2) is 19.9 Å². The van der Waals surface area contributed by atoms with Gasteiger partial charge in [0.25, 0.3) is 0 Å². The van der Waals surface area contributed by atoms with Crippen molar-refractivity contribution >= 4 is 33.3 Å². The summed E-state index contributed by atoms with van der Waals surface area (Å²) in [6.45, 7) is 1.81. The Morgan fingerprint density at radius 1 is 0.912 bits per heavy atom. The van der Waals surface area contributed by atoms with Crippen LogP contribution in [0.2, 0.25) is 0 Å². The summed E-state index contributed by atoms with van der Waals surface area (Å²) in [6, 6.07) is 17.3. The lowest BCUT2D eigenvalue weighted by Gasteiger charge is -2.05. The highest BCUT2D eigenvalue weighted by Gasteiger charge is 2.19. The molecule has 0 saturated carbocycles. The predicted molar refractivity (Wildman–Crippen MR) is 129 cm³/mol. The van der Waals surface area contributed by atoms with Crippen LogP contribution in [-0.2, 0) is 0 Å². The number of aromatic hydroxyl groups is 1. The van der Waals surface area contributed by atoms with Crippen molar-refractivity contribution in [3.05, 3.63) is 92.6 Å². The van der Waals surface area contributed by atoms with Crippen LogP contribution in [0.4, 0.5) is 0 Å². The van der Waals surface area contributed by atoms with E-state index in [1.807, 2.05) is 12.1 Å². The van der Waals surface area contributed by atoms with Crippen LogP contribution >= 0.6 is 11.3 Å². The van der Waals surface area contributed by atoms with Gasteiger partial charge in [0.2, 0.25) is 5.13 Å². The van der Waals surface area contributed by atoms with Gasteiger partial charge in [0.15, 0.2) is 11.3 Å². The molecule has 0 saturated heterocycles. The summed E-state index contributed by atoms with van der Waals surface area (Å²) in [7, 11) is 0. The molecule has 0 aliphatic rings. The highest BCUT2D eigenvalue weighted by atomic mass is 32.1. The van der Waals surface area contributed by atoms with Crippen molar-refractivity contribution in [2.45, 2.75) is 6.92 Å². The average molecular weight is 469 g/mol. The molecule has 9 heteroatoms. The van der Waals surface area contributed by atoms with Crippen LogP contribution in [0.3, 0.4) is 0 Å². The first-order valence-corrected chi connectivity index (χ1v) is 11.2. The number of nitrogens with zero attached hydrogens (tertiary/aromatic N) is 3. The molecule has 0 unspecified atom stereocenters. The summed E-state index contributed by atoms with van der Waals surface area (Å²) >= 11 is 1.28. The molecule has 6 aromatic rings. The Bertz CT molecular complexity index is 1840. The Morgan fingerprint density at radius 3 is 2.56 bits per heavy atom. The van der Waals surface area contributed by atoms with Gasteiger partial charge in [-0.25, -0.2) is 19.3 Å². The molecule has 6 rings (SSSR count). The number of benzene rings is 2. The van der Waals surface area contributed by atoms with Gasteiger partial charge in [-0.05, 0) is 37.3 Å². The van der Waals surface area contributed by atoms with Gasteiger partial charge in [0.05, 0.1) is 28.2 Å². The minimum absolute atomic E-state index is 0.107. The fourth-order valence-corrected chi connectivity index (χ4v) is 4.66. The Morgan fingerprint density at radius 2 is 1.68 bits per heavy atom. The van der Waals surface area contributed by atoms with Gasteiger partial charge in [-0.1, -0.05) is 30.3 Å². The molecule has 0 atom stereocenters. The summed E-state index contributed by atoms with van der Waals surface area (Å²) in [5.41, 5.74) is 1.77. The lowest BCUT2D eigenvalue weighted by atomic mass is 10.1. The van der Waals surface area contributed by atoms with Crippen molar-refractivity contribution in [3.63, 3.8) is 0 Å². The Hall–Kier alpha value is -4.50. The molecule has 4 aromatic heterocycles. The minimum atomic E-state index is -0.609. The van der Waals surface area contributed by atoms with Gasteiger partial charge >= 0.3 is 11.3 Å². The smallest absolute Gasteiger partial charge is 0.345 e. The standard InChI is InChI=1S/C25H15N3O5S/c1-13-9-19(17-11-15-6-4-7-20(29)22(15)33-24(17)31)28(27-13)25-26-18(12-34-25)16-10-14-5-2-3-8-21(14)32-23(16)30/h2-12,29H,1H3. The third-order valence-corrected chi connectivity index (χ3v) is 6.25. The van der Waals surface area contributed by atoms with Gasteiger partial charge in [-0.2, -0.15) is 5.10 Å². The van der Waals surface area contributed by atoms with Gasteiger partial charge in [0.1, 0.15) is 5.58 Å². The molecule has 1 N–H and O–H groups in total. The number of aryl methyl sites for hydroxylation is 1. The van der Waals surface area contributed by atoms with E-state index in [1.54, 1.807) is 59.5 Å². The second kappa shape index (κ2) is 7.53. The normalized spacial score (nSPS) is 11.4. The minimum Gasteiger partial charge on any atom is -0.504 e. The van der Waals surface area contributed by atoms with Gasteiger partial charge in [-0.3, -0.25) is 0 Å². The molecule has 2 aromatic carbocycles. The first-order valence-electron chi connectivity index (χ1n) is 10.3. The van der Waals surface area contributed by atoms with Gasteiger partial charge in [-0.15, -0.1) is 11.3 Å². The molecule has 0 spiro atoms. The summed E-state index contributed by atoms with van der Waals surface area (Å²) in [5, 5.41) is 18.1. The molecule has 0 radical (unpaired) electrons. The number of rotatable bonds is 3. The Balaban J connectivity index is 1.49. The van der Waals surface area contributed by atoms with Crippen molar-refractivity contribution < 1.29 is 13.9 Å². The van der Waals surface area contributed by atoms with Crippen molar-refractivity contribution in [1.29, 1.82) is 0 Å². The van der Waals surface area contributed by atoms with E-state index in [9.17, 15) is 14.7 Å². The van der Waals surface area contributed by atoms with E-state index in [4.69, 9.17) is 8.83 Å². The number of hydrogen-bond acceptors (Lipinski definition) is 8. The molecular formula is C25H15N3O5S. The van der Waals surface area contributed by atoms with Crippen LogP contribution in [0.25, 0.3) is 49.6 Å². The van der Waals surface area contributed by atoms with E-state index in [-0.39, 0.29) is 16.9 Å². The monoisotopic (exact) mass is 469 g/mol. The fourth-order valence-electron chi connectivity index (χ4n) is 3.87. The molecule has 166 valence electrons. The SMILES string of the molecule is Cc1cc(-c2cc3cccc(O)c3oc2=O)n(-c2nc(-c3cc4ccccc4oc3=O)cs2)n1. The molecule has 4 heterocycles. The van der Waals surface area contributed by atoms with E-state index in [0.29, 0.717) is 38.7 Å². The van der Waals surface area contributed by atoms with Crippen molar-refractivity contribution in [3.8, 4) is 33.4 Å². The van der Waals surface area contributed by atoms with Crippen LogP contribution in [0.15, 0.2) is 84.5 Å². The van der Waals surface area contributed by atoms with Gasteiger partial charge < -0.3 is 13.9 Å². The summed E-state index contributed by atoms with van der Waals surface area (Å²) < 4.78 is 12.4. The van der Waals surface area contributed by atoms with E-state index >= 15 is 0 Å². The number of fused-ring (bicyclic) bond motifs is 2. The van der Waals surface area contributed by atoms with Crippen molar-refractivity contribution in [1.82, 2.24) is 14.8 Å². The van der Waals surface area contributed by atoms with E-state index in [2.05, 4.69) is 10.1 Å². The third kappa shape index (κ3) is 3.22. The molecule has 0 fully saturated rings. The van der Waals surface area contributed by atoms with Crippen LogP contribution in [0.5, 0.6) is 5.75 Å². The number of phenolic OH excluding ortho intramolecular Hbond substituents is 1. The Labute approximate surface area is 195 Å². The average Bonchev–Trinajstić information content (AvgIpc) is 3.45. The lowest BCUT2D eigenvalue weighted by molar-refractivity contribution is 0.457. The molecule has 0 aliphatic heterocycles. The molecule has 8 nitrogen and oxygen atoms in total. The molecule has 0 bridgehead atoms. The maximum Gasteiger partial charge on any atom is 0.345 e. The lowest BCUT2D eigenvalue weighted by Crippen LogP contribution is -2.08. The number of para-hydroxylation sites is 2. The number of phenols is 1. The Kier molecular flexibility index (Phi) is 4.46. The summed E-state index contributed by atoms with van der Waals surface area (Å²) in [6.07, 6.45) is 0. The van der Waals surface area contributed by atoms with Crippen LogP contribution in [0.1, 0.15) is 5.69 Å². The van der Waals surface area contributed by atoms with Crippen LogP contribution < -0.4 is 11.3 Å². The van der Waals surface area contributed by atoms with E-state index in [0.717, 1.165) is 5.39 Å².